The molecule has 70 valence electrons. The van der Waals surface area contributed by atoms with Crippen molar-refractivity contribution in [3.63, 3.8) is 0 Å². The van der Waals surface area contributed by atoms with E-state index in [-0.39, 0.29) is 0 Å². The lowest BCUT2D eigenvalue weighted by Crippen LogP contribution is -2.22. The van der Waals surface area contributed by atoms with E-state index in [9.17, 15) is 8.42 Å². The van der Waals surface area contributed by atoms with Gasteiger partial charge in [0.25, 0.3) is 0 Å². The summed E-state index contributed by atoms with van der Waals surface area (Å²) in [5.74, 6) is 0. The second-order valence-corrected chi connectivity index (χ2v) is 5.51. The fraction of sp³-hybridized carbons (Fsp3) is 0.333. The molecule has 0 N–H and O–H groups in total. The van der Waals surface area contributed by atoms with Gasteiger partial charge in [-0.2, -0.15) is 0 Å². The molecule has 0 saturated heterocycles. The number of hydrogen-bond acceptors (Lipinski definition) is 2. The lowest BCUT2D eigenvalue weighted by molar-refractivity contribution is 0.602. The minimum atomic E-state index is -3.05. The van der Waals surface area contributed by atoms with E-state index < -0.39 is 9.84 Å². The summed E-state index contributed by atoms with van der Waals surface area (Å²) < 4.78 is 22.2. The molecule has 0 saturated carbocycles. The van der Waals surface area contributed by atoms with E-state index in [0.29, 0.717) is 11.6 Å². The Labute approximate surface area is 80.0 Å². The zero-order valence-corrected chi connectivity index (χ0v) is 8.93. The Balaban J connectivity index is 3.08. The number of hydrogen-bond donors (Lipinski definition) is 0. The summed E-state index contributed by atoms with van der Waals surface area (Å²) in [6.07, 6.45) is 1.22. The third-order valence-corrected chi connectivity index (χ3v) is 3.10. The molecule has 0 unspecified atom stereocenters. The van der Waals surface area contributed by atoms with E-state index in [1.54, 1.807) is 12.1 Å². The maximum Gasteiger partial charge on any atom is 0.175 e. The van der Waals surface area contributed by atoms with Gasteiger partial charge >= 0.3 is 0 Å². The molecular formula is C9H13BO2S. The third-order valence-electron chi connectivity index (χ3n) is 1.97. The van der Waals surface area contributed by atoms with Gasteiger partial charge in [-0.1, -0.05) is 31.2 Å². The highest BCUT2D eigenvalue weighted by Crippen LogP contribution is 2.05. The summed E-state index contributed by atoms with van der Waals surface area (Å²) in [4.78, 5) is 0.386. The fourth-order valence-electron chi connectivity index (χ4n) is 1.10. The van der Waals surface area contributed by atoms with Crippen LogP contribution in [0.3, 0.4) is 0 Å². The summed E-state index contributed by atoms with van der Waals surface area (Å²) >= 11 is 0. The average molecular weight is 196 g/mol. The highest BCUT2D eigenvalue weighted by molar-refractivity contribution is 7.90. The third kappa shape index (κ3) is 2.59. The smallest absolute Gasteiger partial charge is 0.175 e. The van der Waals surface area contributed by atoms with Crippen molar-refractivity contribution in [1.29, 1.82) is 0 Å². The van der Waals surface area contributed by atoms with Crippen molar-refractivity contribution in [3.05, 3.63) is 24.3 Å². The van der Waals surface area contributed by atoms with Crippen molar-refractivity contribution in [2.75, 3.05) is 6.26 Å². The lowest BCUT2D eigenvalue weighted by atomic mass is 9.49. The molecule has 13 heavy (non-hydrogen) atoms. The summed E-state index contributed by atoms with van der Waals surface area (Å²) in [5, 5.41) is 0. The van der Waals surface area contributed by atoms with Gasteiger partial charge in [-0.05, 0) is 12.1 Å². The maximum atomic E-state index is 11.1. The Kier molecular flexibility index (Phi) is 2.81. The number of rotatable bonds is 2. The fourth-order valence-corrected chi connectivity index (χ4v) is 1.73. The molecular weight excluding hydrogens is 183 g/mol. The number of benzene rings is 1. The van der Waals surface area contributed by atoms with Crippen molar-refractivity contribution in [2.24, 2.45) is 0 Å². The Hall–Kier alpha value is -0.765. The van der Waals surface area contributed by atoms with Gasteiger partial charge in [-0.15, -0.1) is 0 Å². The molecule has 0 aromatic heterocycles. The van der Waals surface area contributed by atoms with Crippen LogP contribution in [0.2, 0.25) is 13.6 Å². The van der Waals surface area contributed by atoms with E-state index in [1.807, 2.05) is 12.1 Å². The van der Waals surface area contributed by atoms with Crippen molar-refractivity contribution in [2.45, 2.75) is 18.5 Å². The predicted octanol–water partition coefficient (Wildman–Crippen LogP) is 1.05. The van der Waals surface area contributed by atoms with Crippen LogP contribution >= 0.6 is 0 Å². The first-order valence-corrected chi connectivity index (χ1v) is 6.10. The molecule has 0 fully saturated rings. The van der Waals surface area contributed by atoms with Crippen LogP contribution in [0, 0.1) is 0 Å². The molecule has 0 atom stereocenters. The van der Waals surface area contributed by atoms with Crippen LogP contribution < -0.4 is 5.46 Å². The van der Waals surface area contributed by atoms with E-state index in [4.69, 9.17) is 0 Å². The minimum Gasteiger partial charge on any atom is -0.224 e. The standard InChI is InChI=1S/C9H13BO2S/c1-10(2)8-4-6-9(7-5-8)13(3,11)12/h4-7H,1-3H3. The normalized spacial score (nSPS) is 11.3. The second-order valence-electron chi connectivity index (χ2n) is 3.50. The van der Waals surface area contributed by atoms with Gasteiger partial charge in [0.2, 0.25) is 0 Å². The van der Waals surface area contributed by atoms with E-state index in [0.717, 1.165) is 5.46 Å². The average Bonchev–Trinajstić information content (AvgIpc) is 2.03. The van der Waals surface area contributed by atoms with Crippen molar-refractivity contribution < 1.29 is 8.42 Å². The van der Waals surface area contributed by atoms with Crippen molar-refractivity contribution in [1.82, 2.24) is 0 Å². The molecule has 0 amide bonds. The molecule has 2 nitrogen and oxygen atoms in total. The van der Waals surface area contributed by atoms with E-state index >= 15 is 0 Å². The van der Waals surface area contributed by atoms with Crippen LogP contribution in [-0.2, 0) is 9.84 Å². The Morgan fingerprint density at radius 1 is 1.08 bits per heavy atom. The summed E-state index contributed by atoms with van der Waals surface area (Å²) in [6.45, 7) is 4.60. The molecule has 1 rings (SSSR count). The highest BCUT2D eigenvalue weighted by Gasteiger charge is 2.07. The Morgan fingerprint density at radius 3 is 1.85 bits per heavy atom. The SMILES string of the molecule is CB(C)c1ccc(S(C)(=O)=O)cc1. The first kappa shape index (κ1) is 10.3. The molecule has 0 aliphatic carbocycles. The summed E-state index contributed by atoms with van der Waals surface area (Å²) in [6, 6.07) is 7.04. The van der Waals surface area contributed by atoms with Crippen LogP contribution in [0.15, 0.2) is 29.2 Å². The van der Waals surface area contributed by atoms with Crippen LogP contribution in [0.5, 0.6) is 0 Å². The van der Waals surface area contributed by atoms with Gasteiger partial charge in [-0.25, -0.2) is 8.42 Å². The predicted molar refractivity (Wildman–Crippen MR) is 56.7 cm³/mol. The molecule has 4 heteroatoms. The second kappa shape index (κ2) is 3.54. The van der Waals surface area contributed by atoms with Gasteiger partial charge in [-0.3, -0.25) is 0 Å². The Morgan fingerprint density at radius 2 is 1.54 bits per heavy atom. The van der Waals surface area contributed by atoms with Gasteiger partial charge in [0, 0.05) is 6.26 Å². The summed E-state index contributed by atoms with van der Waals surface area (Å²) in [5.41, 5.74) is 1.16. The van der Waals surface area contributed by atoms with Crippen LogP contribution in [0.4, 0.5) is 0 Å². The molecule has 0 aliphatic rings. The van der Waals surface area contributed by atoms with Gasteiger partial charge in [0.1, 0.15) is 0 Å². The highest BCUT2D eigenvalue weighted by atomic mass is 32.2. The first-order chi connectivity index (χ1) is 5.91. The Bertz CT molecular complexity index is 379. The summed E-state index contributed by atoms with van der Waals surface area (Å²) in [7, 11) is -3.05. The van der Waals surface area contributed by atoms with Crippen molar-refractivity contribution in [3.8, 4) is 0 Å². The molecule has 0 spiro atoms. The van der Waals surface area contributed by atoms with Gasteiger partial charge in [0.15, 0.2) is 16.6 Å². The molecule has 0 aliphatic heterocycles. The molecule has 1 aromatic rings. The van der Waals surface area contributed by atoms with Crippen LogP contribution in [0.25, 0.3) is 0 Å². The van der Waals surface area contributed by atoms with Crippen molar-refractivity contribution >= 4 is 22.0 Å². The number of sulfone groups is 1. The first-order valence-electron chi connectivity index (χ1n) is 4.21. The van der Waals surface area contributed by atoms with Crippen LogP contribution in [-0.4, -0.2) is 21.4 Å². The quantitative estimate of drug-likeness (QED) is 0.662. The molecule has 1 aromatic carbocycles. The minimum absolute atomic E-state index is 0.386. The molecule has 0 heterocycles. The zero-order valence-electron chi connectivity index (χ0n) is 8.11. The zero-order chi connectivity index (χ0) is 10.1. The van der Waals surface area contributed by atoms with Gasteiger partial charge in [0.05, 0.1) is 4.90 Å². The van der Waals surface area contributed by atoms with E-state index in [2.05, 4.69) is 13.6 Å². The largest absolute Gasteiger partial charge is 0.224 e. The topological polar surface area (TPSA) is 34.1 Å². The van der Waals surface area contributed by atoms with Gasteiger partial charge < -0.3 is 0 Å². The lowest BCUT2D eigenvalue weighted by Gasteiger charge is -2.03. The maximum absolute atomic E-state index is 11.1. The monoisotopic (exact) mass is 196 g/mol. The molecule has 0 bridgehead atoms. The molecule has 0 radical (unpaired) electrons. The van der Waals surface area contributed by atoms with Crippen LogP contribution in [0.1, 0.15) is 0 Å². The van der Waals surface area contributed by atoms with E-state index in [1.165, 1.54) is 6.26 Å².